The molecule has 13 heavy (non-hydrogen) atoms. The van der Waals surface area contributed by atoms with Crippen molar-refractivity contribution in [2.75, 3.05) is 6.54 Å². The first-order valence-corrected chi connectivity index (χ1v) is 4.68. The fourth-order valence-corrected chi connectivity index (χ4v) is 1.48. The molecule has 1 aromatic carbocycles. The summed E-state index contributed by atoms with van der Waals surface area (Å²) in [5.41, 5.74) is 6.05. The van der Waals surface area contributed by atoms with Crippen molar-refractivity contribution in [3.63, 3.8) is 0 Å². The Bertz CT molecular complexity index is 288. The van der Waals surface area contributed by atoms with E-state index in [1.807, 2.05) is 6.92 Å². The maximum atomic E-state index is 13.2. The molecule has 0 fully saturated rings. The predicted octanol–water partition coefficient (Wildman–Crippen LogP) is 2.93. The van der Waals surface area contributed by atoms with Crippen molar-refractivity contribution < 1.29 is 4.39 Å². The van der Waals surface area contributed by atoms with Crippen LogP contribution in [0.15, 0.2) is 18.2 Å². The van der Waals surface area contributed by atoms with Gasteiger partial charge >= 0.3 is 0 Å². The van der Waals surface area contributed by atoms with E-state index in [1.54, 1.807) is 12.1 Å². The molecule has 0 saturated heterocycles. The lowest BCUT2D eigenvalue weighted by Gasteiger charge is -2.11. The number of hydrogen-bond donors (Lipinski definition) is 1. The van der Waals surface area contributed by atoms with E-state index in [1.165, 1.54) is 6.07 Å². The minimum absolute atomic E-state index is 0.128. The zero-order valence-corrected chi connectivity index (χ0v) is 8.31. The SMILES string of the molecule is CC(CCN)c1cc(Cl)ccc1F. The van der Waals surface area contributed by atoms with Gasteiger partial charge in [0.1, 0.15) is 5.82 Å². The number of rotatable bonds is 3. The maximum absolute atomic E-state index is 13.2. The Morgan fingerprint density at radius 1 is 1.54 bits per heavy atom. The topological polar surface area (TPSA) is 26.0 Å². The maximum Gasteiger partial charge on any atom is 0.126 e. The van der Waals surface area contributed by atoms with Crippen molar-refractivity contribution in [3.05, 3.63) is 34.6 Å². The third-order valence-corrected chi connectivity index (χ3v) is 2.32. The summed E-state index contributed by atoms with van der Waals surface area (Å²) in [6, 6.07) is 4.61. The summed E-state index contributed by atoms with van der Waals surface area (Å²) in [5.74, 6) is -0.0750. The normalized spacial score (nSPS) is 12.9. The van der Waals surface area contributed by atoms with Gasteiger partial charge in [-0.25, -0.2) is 4.39 Å². The predicted molar refractivity (Wildman–Crippen MR) is 53.5 cm³/mol. The summed E-state index contributed by atoms with van der Waals surface area (Å²) < 4.78 is 13.2. The lowest BCUT2D eigenvalue weighted by Crippen LogP contribution is -2.06. The Hall–Kier alpha value is -0.600. The van der Waals surface area contributed by atoms with Gasteiger partial charge < -0.3 is 5.73 Å². The fourth-order valence-electron chi connectivity index (χ4n) is 1.30. The molecule has 0 aromatic heterocycles. The summed E-state index contributed by atoms with van der Waals surface area (Å²) >= 11 is 5.76. The average Bonchev–Trinajstić information content (AvgIpc) is 2.09. The van der Waals surface area contributed by atoms with Gasteiger partial charge in [-0.1, -0.05) is 18.5 Å². The summed E-state index contributed by atoms with van der Waals surface area (Å²) in [6.07, 6.45) is 0.775. The first-order chi connectivity index (χ1) is 6.15. The molecule has 0 radical (unpaired) electrons. The highest BCUT2D eigenvalue weighted by Crippen LogP contribution is 2.24. The van der Waals surface area contributed by atoms with Crippen molar-refractivity contribution in [2.45, 2.75) is 19.3 Å². The molecule has 1 nitrogen and oxygen atoms in total. The monoisotopic (exact) mass is 201 g/mol. The van der Waals surface area contributed by atoms with E-state index in [0.29, 0.717) is 17.1 Å². The molecule has 1 unspecified atom stereocenters. The Morgan fingerprint density at radius 2 is 2.23 bits per heavy atom. The van der Waals surface area contributed by atoms with Crippen molar-refractivity contribution >= 4 is 11.6 Å². The van der Waals surface area contributed by atoms with Crippen LogP contribution < -0.4 is 5.73 Å². The van der Waals surface area contributed by atoms with E-state index in [9.17, 15) is 4.39 Å². The van der Waals surface area contributed by atoms with Crippen LogP contribution in [0.3, 0.4) is 0 Å². The summed E-state index contributed by atoms with van der Waals surface area (Å²) in [7, 11) is 0. The van der Waals surface area contributed by atoms with E-state index < -0.39 is 0 Å². The molecule has 1 atom stereocenters. The second kappa shape index (κ2) is 4.58. The van der Waals surface area contributed by atoms with Gasteiger partial charge in [0.25, 0.3) is 0 Å². The van der Waals surface area contributed by atoms with Crippen LogP contribution in [0.2, 0.25) is 5.02 Å². The molecule has 2 N–H and O–H groups in total. The first-order valence-electron chi connectivity index (χ1n) is 4.30. The van der Waals surface area contributed by atoms with Crippen LogP contribution in [-0.4, -0.2) is 6.54 Å². The Labute approximate surface area is 82.7 Å². The highest BCUT2D eigenvalue weighted by atomic mass is 35.5. The molecule has 0 heterocycles. The summed E-state index contributed by atoms with van der Waals surface area (Å²) in [6.45, 7) is 2.51. The molecule has 0 bridgehead atoms. The number of nitrogens with two attached hydrogens (primary N) is 1. The highest BCUT2D eigenvalue weighted by molar-refractivity contribution is 6.30. The summed E-state index contributed by atoms with van der Waals surface area (Å²) in [4.78, 5) is 0. The van der Waals surface area contributed by atoms with Crippen LogP contribution in [0, 0.1) is 5.82 Å². The van der Waals surface area contributed by atoms with Crippen LogP contribution >= 0.6 is 11.6 Å². The molecule has 3 heteroatoms. The van der Waals surface area contributed by atoms with E-state index in [4.69, 9.17) is 17.3 Å². The molecule has 0 amide bonds. The van der Waals surface area contributed by atoms with Crippen LogP contribution in [0.25, 0.3) is 0 Å². The van der Waals surface area contributed by atoms with Gasteiger partial charge in [0.2, 0.25) is 0 Å². The van der Waals surface area contributed by atoms with E-state index in [2.05, 4.69) is 0 Å². The van der Waals surface area contributed by atoms with Gasteiger partial charge in [-0.05, 0) is 42.6 Å². The lowest BCUT2D eigenvalue weighted by atomic mass is 9.97. The third-order valence-electron chi connectivity index (χ3n) is 2.09. The van der Waals surface area contributed by atoms with Crippen LogP contribution in [-0.2, 0) is 0 Å². The van der Waals surface area contributed by atoms with Crippen LogP contribution in [0.1, 0.15) is 24.8 Å². The van der Waals surface area contributed by atoms with Gasteiger partial charge in [-0.3, -0.25) is 0 Å². The molecular formula is C10H13ClFN. The molecular weight excluding hydrogens is 189 g/mol. The first kappa shape index (κ1) is 10.5. The zero-order valence-electron chi connectivity index (χ0n) is 7.56. The largest absolute Gasteiger partial charge is 0.330 e. The minimum atomic E-state index is -0.203. The van der Waals surface area contributed by atoms with Crippen molar-refractivity contribution in [3.8, 4) is 0 Å². The van der Waals surface area contributed by atoms with Gasteiger partial charge in [0, 0.05) is 5.02 Å². The van der Waals surface area contributed by atoms with E-state index in [0.717, 1.165) is 6.42 Å². The quantitative estimate of drug-likeness (QED) is 0.800. The highest BCUT2D eigenvalue weighted by Gasteiger charge is 2.10. The van der Waals surface area contributed by atoms with Crippen LogP contribution in [0.4, 0.5) is 4.39 Å². The molecule has 72 valence electrons. The second-order valence-electron chi connectivity index (χ2n) is 3.14. The molecule has 1 aromatic rings. The molecule has 0 saturated carbocycles. The van der Waals surface area contributed by atoms with E-state index >= 15 is 0 Å². The zero-order chi connectivity index (χ0) is 9.84. The van der Waals surface area contributed by atoms with Gasteiger partial charge in [0.15, 0.2) is 0 Å². The van der Waals surface area contributed by atoms with Crippen LogP contribution in [0.5, 0.6) is 0 Å². The van der Waals surface area contributed by atoms with Gasteiger partial charge in [0.05, 0.1) is 0 Å². The van der Waals surface area contributed by atoms with Crippen molar-refractivity contribution in [1.82, 2.24) is 0 Å². The second-order valence-corrected chi connectivity index (χ2v) is 3.58. The third kappa shape index (κ3) is 2.68. The standard InChI is InChI=1S/C10H13ClFN/c1-7(4-5-13)9-6-8(11)2-3-10(9)12/h2-3,6-7H,4-5,13H2,1H3. The smallest absolute Gasteiger partial charge is 0.126 e. The molecule has 0 aliphatic heterocycles. The number of halogens is 2. The Kier molecular flexibility index (Phi) is 3.70. The number of benzene rings is 1. The van der Waals surface area contributed by atoms with Gasteiger partial charge in [-0.15, -0.1) is 0 Å². The van der Waals surface area contributed by atoms with Crippen molar-refractivity contribution in [1.29, 1.82) is 0 Å². The Morgan fingerprint density at radius 3 is 2.85 bits per heavy atom. The molecule has 0 aliphatic rings. The fraction of sp³-hybridized carbons (Fsp3) is 0.400. The molecule has 0 aliphatic carbocycles. The number of hydrogen-bond acceptors (Lipinski definition) is 1. The average molecular weight is 202 g/mol. The van der Waals surface area contributed by atoms with Gasteiger partial charge in [-0.2, -0.15) is 0 Å². The Balaban J connectivity index is 2.91. The lowest BCUT2D eigenvalue weighted by molar-refractivity contribution is 0.577. The minimum Gasteiger partial charge on any atom is -0.330 e. The van der Waals surface area contributed by atoms with E-state index in [-0.39, 0.29) is 11.7 Å². The summed E-state index contributed by atoms with van der Waals surface area (Å²) in [5, 5.41) is 0.570. The molecule has 1 rings (SSSR count). The van der Waals surface area contributed by atoms with Crippen molar-refractivity contribution in [2.24, 2.45) is 5.73 Å². The molecule has 0 spiro atoms.